The molecule has 10 heteroatoms. The number of hydrogen-bond acceptors (Lipinski definition) is 6. The van der Waals surface area contributed by atoms with Crippen molar-refractivity contribution in [2.24, 2.45) is 0 Å². The zero-order chi connectivity index (χ0) is 17.3. The predicted molar refractivity (Wildman–Crippen MR) is 86.9 cm³/mol. The van der Waals surface area contributed by atoms with Crippen molar-refractivity contribution in [3.05, 3.63) is 40.9 Å². The largest absolute Gasteiger partial charge is 0.375 e. The molecule has 0 amide bonds. The minimum Gasteiger partial charge on any atom is -0.375 e. The molecule has 2 aromatic rings. The Bertz CT molecular complexity index is 833. The molecule has 6 nitrogen and oxygen atoms in total. The number of thiazole rings is 1. The van der Waals surface area contributed by atoms with Gasteiger partial charge in [-0.25, -0.2) is 22.2 Å². The average molecular weight is 374 g/mol. The van der Waals surface area contributed by atoms with E-state index >= 15 is 0 Å². The minimum atomic E-state index is -3.97. The highest BCUT2D eigenvalue weighted by molar-refractivity contribution is 7.89. The van der Waals surface area contributed by atoms with Crippen molar-refractivity contribution in [2.75, 3.05) is 31.9 Å². The first-order valence-corrected chi connectivity index (χ1v) is 9.49. The van der Waals surface area contributed by atoms with Crippen molar-refractivity contribution in [3.63, 3.8) is 0 Å². The highest BCUT2D eigenvalue weighted by Crippen LogP contribution is 2.23. The Hall–Kier alpha value is -1.62. The molecular formula is C14H16F2N4O2S2. The molecule has 1 aliphatic rings. The molecule has 24 heavy (non-hydrogen) atoms. The van der Waals surface area contributed by atoms with Crippen LogP contribution in [0.15, 0.2) is 29.3 Å². The van der Waals surface area contributed by atoms with Gasteiger partial charge in [0, 0.05) is 49.9 Å². The Balaban J connectivity index is 1.67. The Morgan fingerprint density at radius 3 is 2.50 bits per heavy atom. The van der Waals surface area contributed by atoms with E-state index in [2.05, 4.69) is 9.88 Å². The molecule has 2 N–H and O–H groups in total. The molecule has 1 aliphatic heterocycles. The van der Waals surface area contributed by atoms with Crippen LogP contribution in [0.3, 0.4) is 0 Å². The number of hydrogen-bond donors (Lipinski definition) is 1. The molecule has 0 bridgehead atoms. The number of nitrogens with zero attached hydrogens (tertiary/aromatic N) is 3. The Morgan fingerprint density at radius 2 is 1.92 bits per heavy atom. The van der Waals surface area contributed by atoms with Crippen LogP contribution in [0.5, 0.6) is 0 Å². The number of anilines is 1. The summed E-state index contributed by atoms with van der Waals surface area (Å²) in [5.41, 5.74) is 5.59. The maximum absolute atomic E-state index is 13.8. The smallest absolute Gasteiger partial charge is 0.246 e. The lowest BCUT2D eigenvalue weighted by Gasteiger charge is -2.33. The van der Waals surface area contributed by atoms with Crippen molar-refractivity contribution in [1.29, 1.82) is 0 Å². The third-order valence-electron chi connectivity index (χ3n) is 3.79. The van der Waals surface area contributed by atoms with Crippen LogP contribution >= 0.6 is 11.3 Å². The van der Waals surface area contributed by atoms with E-state index in [4.69, 9.17) is 5.73 Å². The lowest BCUT2D eigenvalue weighted by molar-refractivity contribution is 0.182. The minimum absolute atomic E-state index is 0.243. The van der Waals surface area contributed by atoms with Crippen molar-refractivity contribution in [2.45, 2.75) is 11.4 Å². The fraction of sp³-hybridized carbons (Fsp3) is 0.357. The van der Waals surface area contributed by atoms with Crippen LogP contribution < -0.4 is 5.73 Å². The monoisotopic (exact) mass is 374 g/mol. The molecule has 2 heterocycles. The summed E-state index contributed by atoms with van der Waals surface area (Å²) >= 11 is 1.40. The standard InChI is InChI=1S/C14H16F2N4O2S2/c15-10-1-2-13(12(16)7-10)24(21,22)20-5-3-19(4-6-20)9-11-8-18-14(17)23-11/h1-2,7-8H,3-6,9H2,(H2,17,18). The van der Waals surface area contributed by atoms with Gasteiger partial charge in [0.25, 0.3) is 0 Å². The van der Waals surface area contributed by atoms with Gasteiger partial charge in [-0.1, -0.05) is 0 Å². The number of rotatable bonds is 4. The maximum Gasteiger partial charge on any atom is 0.246 e. The van der Waals surface area contributed by atoms with Gasteiger partial charge in [0.15, 0.2) is 5.13 Å². The van der Waals surface area contributed by atoms with E-state index in [-0.39, 0.29) is 13.1 Å². The SMILES string of the molecule is Nc1ncc(CN2CCN(S(=O)(=O)c3ccc(F)cc3F)CC2)s1. The van der Waals surface area contributed by atoms with Gasteiger partial charge in [-0.05, 0) is 12.1 Å². The van der Waals surface area contributed by atoms with Gasteiger partial charge in [-0.3, -0.25) is 4.90 Å². The topological polar surface area (TPSA) is 79.5 Å². The lowest BCUT2D eigenvalue weighted by atomic mass is 10.3. The van der Waals surface area contributed by atoms with Crippen LogP contribution in [0.4, 0.5) is 13.9 Å². The van der Waals surface area contributed by atoms with Crippen LogP contribution in [0.1, 0.15) is 4.88 Å². The molecule has 1 fully saturated rings. The molecule has 0 spiro atoms. The second-order valence-electron chi connectivity index (χ2n) is 5.42. The van der Waals surface area contributed by atoms with Gasteiger partial charge in [0.05, 0.1) is 0 Å². The first-order valence-electron chi connectivity index (χ1n) is 7.24. The number of halogens is 2. The van der Waals surface area contributed by atoms with Crippen LogP contribution in [0, 0.1) is 11.6 Å². The second kappa shape index (κ2) is 6.71. The molecule has 0 aliphatic carbocycles. The first kappa shape index (κ1) is 17.2. The van der Waals surface area contributed by atoms with Crippen molar-refractivity contribution >= 4 is 26.5 Å². The van der Waals surface area contributed by atoms with Crippen LogP contribution in [-0.4, -0.2) is 48.8 Å². The maximum atomic E-state index is 13.8. The van der Waals surface area contributed by atoms with Crippen molar-refractivity contribution in [1.82, 2.24) is 14.2 Å². The fourth-order valence-electron chi connectivity index (χ4n) is 2.57. The molecule has 1 saturated heterocycles. The van der Waals surface area contributed by atoms with Crippen molar-refractivity contribution in [3.8, 4) is 0 Å². The molecule has 130 valence electrons. The summed E-state index contributed by atoms with van der Waals surface area (Å²) in [5, 5.41) is 0.498. The Labute approximate surface area is 142 Å². The molecule has 1 aromatic carbocycles. The third-order valence-corrected chi connectivity index (χ3v) is 6.54. The zero-order valence-corrected chi connectivity index (χ0v) is 14.3. The molecule has 1 aromatic heterocycles. The Kier molecular flexibility index (Phi) is 4.81. The fourth-order valence-corrected chi connectivity index (χ4v) is 4.76. The summed E-state index contributed by atoms with van der Waals surface area (Å²) in [5.74, 6) is -1.88. The highest BCUT2D eigenvalue weighted by atomic mass is 32.2. The third kappa shape index (κ3) is 3.56. The quantitative estimate of drug-likeness (QED) is 0.878. The number of nitrogens with two attached hydrogens (primary N) is 1. The summed E-state index contributed by atoms with van der Waals surface area (Å²) in [6.07, 6.45) is 1.71. The summed E-state index contributed by atoms with van der Waals surface area (Å²) < 4.78 is 53.0. The van der Waals surface area contributed by atoms with Crippen LogP contribution in [0.25, 0.3) is 0 Å². The Morgan fingerprint density at radius 1 is 1.21 bits per heavy atom. The van der Waals surface area contributed by atoms with Gasteiger partial charge in [0.1, 0.15) is 16.5 Å². The van der Waals surface area contributed by atoms with Gasteiger partial charge in [0.2, 0.25) is 10.0 Å². The van der Waals surface area contributed by atoms with Crippen LogP contribution in [0.2, 0.25) is 0 Å². The normalized spacial score (nSPS) is 17.2. The van der Waals surface area contributed by atoms with Crippen molar-refractivity contribution < 1.29 is 17.2 Å². The van der Waals surface area contributed by atoms with E-state index in [1.807, 2.05) is 0 Å². The summed E-state index contributed by atoms with van der Waals surface area (Å²) in [6.45, 7) is 2.16. The van der Waals surface area contributed by atoms with E-state index in [1.165, 1.54) is 15.6 Å². The van der Waals surface area contributed by atoms with Gasteiger partial charge >= 0.3 is 0 Å². The highest BCUT2D eigenvalue weighted by Gasteiger charge is 2.30. The summed E-state index contributed by atoms with van der Waals surface area (Å²) in [4.78, 5) is 6.58. The van der Waals surface area contributed by atoms with E-state index in [0.29, 0.717) is 30.8 Å². The number of benzene rings is 1. The molecular weight excluding hydrogens is 358 g/mol. The van der Waals surface area contributed by atoms with Crippen LogP contribution in [-0.2, 0) is 16.6 Å². The molecule has 0 atom stereocenters. The molecule has 0 unspecified atom stereocenters. The van der Waals surface area contributed by atoms with E-state index in [1.54, 1.807) is 6.20 Å². The second-order valence-corrected chi connectivity index (χ2v) is 8.47. The predicted octanol–water partition coefficient (Wildman–Crippen LogP) is 1.51. The van der Waals surface area contributed by atoms with Gasteiger partial charge in [-0.15, -0.1) is 11.3 Å². The summed E-state index contributed by atoms with van der Waals surface area (Å²) in [6, 6.07) is 2.49. The number of aromatic nitrogens is 1. The number of nitrogen functional groups attached to an aromatic ring is 1. The zero-order valence-electron chi connectivity index (χ0n) is 12.7. The number of sulfonamides is 1. The molecule has 0 radical (unpaired) electrons. The van der Waals surface area contributed by atoms with E-state index < -0.39 is 26.6 Å². The molecule has 3 rings (SSSR count). The number of piperazine rings is 1. The first-order chi connectivity index (χ1) is 11.4. The van der Waals surface area contributed by atoms with Gasteiger partial charge < -0.3 is 5.73 Å². The molecule has 0 saturated carbocycles. The average Bonchev–Trinajstić information content (AvgIpc) is 2.92. The van der Waals surface area contributed by atoms with E-state index in [9.17, 15) is 17.2 Å². The summed E-state index contributed by atoms with van der Waals surface area (Å²) in [7, 11) is -3.97. The lowest BCUT2D eigenvalue weighted by Crippen LogP contribution is -2.48. The van der Waals surface area contributed by atoms with E-state index in [0.717, 1.165) is 17.0 Å². The van der Waals surface area contributed by atoms with Gasteiger partial charge in [-0.2, -0.15) is 4.31 Å².